The van der Waals surface area contributed by atoms with Crippen LogP contribution in [-0.4, -0.2) is 0 Å². The Morgan fingerprint density at radius 1 is 0.379 bits per heavy atom. The molecule has 0 N–H and O–H groups in total. The number of hydrogen-bond acceptors (Lipinski definition) is 0. The number of fused-ring (bicyclic) bond motifs is 6. The van der Waals surface area contributed by atoms with Gasteiger partial charge < -0.3 is 0 Å². The maximum Gasteiger partial charge on any atom is 0.0713 e. The van der Waals surface area contributed by atoms with Crippen LogP contribution in [0.5, 0.6) is 0 Å². The van der Waals surface area contributed by atoms with Crippen LogP contribution < -0.4 is 0 Å². The summed E-state index contributed by atoms with van der Waals surface area (Å²) in [5, 5.41) is 0. The molecule has 0 heterocycles. The smallest absolute Gasteiger partial charge is 0.0654 e. The van der Waals surface area contributed by atoms with Gasteiger partial charge in [-0.05, 0) is 116 Å². The molecule has 5 aromatic carbocycles. The lowest BCUT2D eigenvalue weighted by molar-refractivity contribution is 0.397. The molecule has 0 unspecified atom stereocenters. The molecule has 0 aliphatic heterocycles. The molecule has 0 amide bonds. The van der Waals surface area contributed by atoms with E-state index in [1.165, 1.54) is 157 Å². The predicted molar refractivity (Wildman–Crippen MR) is 253 cm³/mol. The maximum atomic E-state index is 2.73. The van der Waals surface area contributed by atoms with Crippen molar-refractivity contribution >= 4 is 0 Å². The molecule has 0 saturated carbocycles. The van der Waals surface area contributed by atoms with Crippen molar-refractivity contribution in [3.8, 4) is 22.3 Å². The first kappa shape index (κ1) is 42.2. The summed E-state index contributed by atoms with van der Waals surface area (Å²) < 4.78 is 0. The van der Waals surface area contributed by atoms with E-state index in [4.69, 9.17) is 0 Å². The minimum Gasteiger partial charge on any atom is -0.0654 e. The van der Waals surface area contributed by atoms with Crippen molar-refractivity contribution in [1.82, 2.24) is 0 Å². The van der Waals surface area contributed by atoms with E-state index >= 15 is 0 Å². The third-order valence-corrected chi connectivity index (χ3v) is 14.2. The second-order valence-corrected chi connectivity index (χ2v) is 20.6. The molecule has 0 atom stereocenters. The average Bonchev–Trinajstić information content (AvgIpc) is 3.62. The van der Waals surface area contributed by atoms with Gasteiger partial charge >= 0.3 is 0 Å². The minimum absolute atomic E-state index is 0.0417. The first-order valence-corrected chi connectivity index (χ1v) is 23.4. The highest BCUT2D eigenvalue weighted by molar-refractivity contribution is 5.93. The van der Waals surface area contributed by atoms with Crippen molar-refractivity contribution in [2.75, 3.05) is 0 Å². The van der Waals surface area contributed by atoms with Crippen LogP contribution in [0.2, 0.25) is 0 Å². The van der Waals surface area contributed by atoms with E-state index in [0.717, 1.165) is 0 Å². The van der Waals surface area contributed by atoms with Crippen molar-refractivity contribution < 1.29 is 0 Å². The summed E-state index contributed by atoms with van der Waals surface area (Å²) in [7, 11) is 0. The molecule has 0 bridgehead atoms. The average molecular weight is 771 g/mol. The van der Waals surface area contributed by atoms with Gasteiger partial charge in [0.2, 0.25) is 0 Å². The van der Waals surface area contributed by atoms with Gasteiger partial charge in [-0.1, -0.05) is 228 Å². The van der Waals surface area contributed by atoms with Crippen LogP contribution in [0, 0.1) is 13.8 Å². The van der Waals surface area contributed by atoms with E-state index in [1.54, 1.807) is 11.1 Å². The van der Waals surface area contributed by atoms with Crippen molar-refractivity contribution in [2.45, 2.75) is 181 Å². The van der Waals surface area contributed by atoms with E-state index in [9.17, 15) is 0 Å². The van der Waals surface area contributed by atoms with Crippen LogP contribution in [0.1, 0.15) is 201 Å². The summed E-state index contributed by atoms with van der Waals surface area (Å²) in [6, 6.07) is 39.7. The minimum atomic E-state index is -0.437. The molecule has 0 spiro atoms. The topological polar surface area (TPSA) is 0 Å². The lowest BCUT2D eigenvalue weighted by atomic mass is 9.66. The zero-order valence-electron chi connectivity index (χ0n) is 38.1. The Morgan fingerprint density at radius 2 is 0.741 bits per heavy atom. The van der Waals surface area contributed by atoms with Gasteiger partial charge in [-0.2, -0.15) is 0 Å². The molecule has 0 radical (unpaired) electrons. The fourth-order valence-corrected chi connectivity index (χ4v) is 10.8. The highest BCUT2D eigenvalue weighted by Gasteiger charge is 2.50. The lowest BCUT2D eigenvalue weighted by Gasteiger charge is -2.36. The second kappa shape index (κ2) is 17.0. The highest BCUT2D eigenvalue weighted by Crippen LogP contribution is 2.62. The van der Waals surface area contributed by atoms with Crippen LogP contribution in [0.15, 0.2) is 97.1 Å². The standard InChI is InChI=1S/C58H74/c1-11-13-15-17-19-21-35-57(36-22-20-18-16-14-12-2)51-37-41(3)23-33-47(51)49-40-54-50(39-52(49)57)48-34-24-42(4)38-53(48)58(54,45-29-25-43(26-30-45)55(5,6)7)46-31-27-44(28-32-46)56(8,9)10/h23-34,37-40H,11-22,35-36H2,1-10H3. The van der Waals surface area contributed by atoms with Crippen LogP contribution in [0.3, 0.4) is 0 Å². The monoisotopic (exact) mass is 771 g/mol. The number of hydrogen-bond donors (Lipinski definition) is 0. The zero-order valence-corrected chi connectivity index (χ0v) is 38.1. The molecule has 2 aliphatic carbocycles. The lowest BCUT2D eigenvalue weighted by Crippen LogP contribution is -2.29. The molecule has 0 saturated heterocycles. The highest BCUT2D eigenvalue weighted by atomic mass is 14.5. The van der Waals surface area contributed by atoms with Crippen LogP contribution in [0.25, 0.3) is 22.3 Å². The molecule has 58 heavy (non-hydrogen) atoms. The summed E-state index contributed by atoms with van der Waals surface area (Å²) in [6.45, 7) is 23.2. The van der Waals surface area contributed by atoms with Gasteiger partial charge in [0, 0.05) is 5.41 Å². The number of benzene rings is 5. The molecule has 0 heteroatoms. The van der Waals surface area contributed by atoms with Crippen molar-refractivity contribution in [1.29, 1.82) is 0 Å². The molecular weight excluding hydrogens is 697 g/mol. The molecule has 0 fully saturated rings. The van der Waals surface area contributed by atoms with Gasteiger partial charge in [-0.3, -0.25) is 0 Å². The Balaban J connectivity index is 1.48. The van der Waals surface area contributed by atoms with Crippen molar-refractivity contribution in [2.24, 2.45) is 0 Å². The second-order valence-electron chi connectivity index (χ2n) is 20.6. The van der Waals surface area contributed by atoms with Gasteiger partial charge in [0.15, 0.2) is 0 Å². The Morgan fingerprint density at radius 3 is 1.21 bits per heavy atom. The number of aryl methyl sites for hydroxylation is 2. The van der Waals surface area contributed by atoms with E-state index in [2.05, 4.69) is 166 Å². The molecule has 0 aromatic heterocycles. The Bertz CT molecular complexity index is 2100. The van der Waals surface area contributed by atoms with Crippen molar-refractivity contribution in [3.63, 3.8) is 0 Å². The Hall–Kier alpha value is -3.90. The third-order valence-electron chi connectivity index (χ3n) is 14.2. The molecule has 2 aliphatic rings. The normalized spacial score (nSPS) is 14.9. The summed E-state index contributed by atoms with van der Waals surface area (Å²) in [4.78, 5) is 0. The van der Waals surface area contributed by atoms with Gasteiger partial charge in [-0.25, -0.2) is 0 Å². The van der Waals surface area contributed by atoms with E-state index in [-0.39, 0.29) is 16.2 Å². The first-order valence-electron chi connectivity index (χ1n) is 23.4. The van der Waals surface area contributed by atoms with Crippen LogP contribution >= 0.6 is 0 Å². The van der Waals surface area contributed by atoms with E-state index in [0.29, 0.717) is 0 Å². The molecule has 7 rings (SSSR count). The molecule has 5 aromatic rings. The quantitative estimate of drug-likeness (QED) is 0.0860. The number of unbranched alkanes of at least 4 members (excludes halogenated alkanes) is 10. The van der Waals surface area contributed by atoms with Gasteiger partial charge in [0.1, 0.15) is 0 Å². The Labute approximate surface area is 354 Å². The molecule has 0 nitrogen and oxygen atoms in total. The van der Waals surface area contributed by atoms with Crippen molar-refractivity contribution in [3.05, 3.63) is 153 Å². The fraction of sp³-hybridized carbons (Fsp3) is 0.483. The predicted octanol–water partition coefficient (Wildman–Crippen LogP) is 17.0. The summed E-state index contributed by atoms with van der Waals surface area (Å²) >= 11 is 0. The number of rotatable bonds is 16. The Kier molecular flexibility index (Phi) is 12.4. The van der Waals surface area contributed by atoms with Gasteiger partial charge in [0.05, 0.1) is 5.41 Å². The summed E-state index contributed by atoms with van der Waals surface area (Å²) in [6.07, 6.45) is 18.5. The first-order chi connectivity index (χ1) is 27.8. The molecular formula is C58H74. The SMILES string of the molecule is CCCCCCCCC1(CCCCCCCC)c2cc(C)ccc2-c2cc3c(cc21)-c1ccc(C)cc1C3(c1ccc(C(C)(C)C)cc1)c1ccc(C(C)(C)C)cc1. The summed E-state index contributed by atoms with van der Waals surface area (Å²) in [5.74, 6) is 0. The molecule has 306 valence electrons. The zero-order chi connectivity index (χ0) is 41.3. The van der Waals surface area contributed by atoms with Gasteiger partial charge in [0.25, 0.3) is 0 Å². The van der Waals surface area contributed by atoms with E-state index < -0.39 is 5.41 Å². The fourth-order valence-electron chi connectivity index (χ4n) is 10.8. The summed E-state index contributed by atoms with van der Waals surface area (Å²) in [5.41, 5.74) is 19.9. The van der Waals surface area contributed by atoms with Crippen LogP contribution in [-0.2, 0) is 21.7 Å². The van der Waals surface area contributed by atoms with Gasteiger partial charge in [-0.15, -0.1) is 0 Å². The van der Waals surface area contributed by atoms with Crippen LogP contribution in [0.4, 0.5) is 0 Å². The maximum absolute atomic E-state index is 2.73. The largest absolute Gasteiger partial charge is 0.0713 e. The van der Waals surface area contributed by atoms with E-state index in [1.807, 2.05) is 0 Å². The third kappa shape index (κ3) is 7.80.